The predicted octanol–water partition coefficient (Wildman–Crippen LogP) is 2.38. The number of rotatable bonds is 7. The van der Waals surface area contributed by atoms with Gasteiger partial charge in [-0.25, -0.2) is 0 Å². The lowest BCUT2D eigenvalue weighted by Crippen LogP contribution is -2.36. The Morgan fingerprint density at radius 1 is 1.36 bits per heavy atom. The number of thiophene rings is 1. The largest absolute Gasteiger partial charge is 0.359 e. The van der Waals surface area contributed by atoms with Crippen molar-refractivity contribution in [2.45, 2.75) is 39.8 Å². The van der Waals surface area contributed by atoms with Crippen LogP contribution in [0.25, 0.3) is 0 Å². The van der Waals surface area contributed by atoms with Crippen LogP contribution in [-0.2, 0) is 30.7 Å². The van der Waals surface area contributed by atoms with Crippen LogP contribution in [0.4, 0.5) is 0 Å². The summed E-state index contributed by atoms with van der Waals surface area (Å²) in [6, 6.07) is 4.25. The molecule has 6 nitrogen and oxygen atoms in total. The highest BCUT2D eigenvalue weighted by Gasteiger charge is 2.24. The average molecular weight is 401 g/mol. The molecule has 0 saturated carbocycles. The first kappa shape index (κ1) is 20.5. The number of aryl methyl sites for hydroxylation is 1. The molecule has 2 N–H and O–H groups in total. The SMILES string of the molecule is CCc1ccc(CN2CCc3c(C(=O)NC[C@@H](C)C(=O)NC)csc3C2)nc1. The van der Waals surface area contributed by atoms with Crippen molar-refractivity contribution in [3.8, 4) is 0 Å². The number of nitrogens with one attached hydrogen (secondary N) is 2. The van der Waals surface area contributed by atoms with Crippen molar-refractivity contribution in [2.24, 2.45) is 5.92 Å². The Bertz CT molecular complexity index is 831. The Labute approximate surface area is 170 Å². The van der Waals surface area contributed by atoms with E-state index in [-0.39, 0.29) is 17.7 Å². The molecule has 0 unspecified atom stereocenters. The molecule has 0 saturated heterocycles. The summed E-state index contributed by atoms with van der Waals surface area (Å²) in [6.07, 6.45) is 3.82. The summed E-state index contributed by atoms with van der Waals surface area (Å²) in [7, 11) is 1.61. The van der Waals surface area contributed by atoms with Crippen LogP contribution in [0.5, 0.6) is 0 Å². The molecule has 1 aliphatic heterocycles. The number of nitrogens with zero attached hydrogens (tertiary/aromatic N) is 2. The van der Waals surface area contributed by atoms with E-state index >= 15 is 0 Å². The first-order chi connectivity index (χ1) is 13.5. The number of hydrogen-bond donors (Lipinski definition) is 2. The van der Waals surface area contributed by atoms with Gasteiger partial charge in [-0.3, -0.25) is 19.5 Å². The van der Waals surface area contributed by atoms with Crippen molar-refractivity contribution in [2.75, 3.05) is 20.1 Å². The van der Waals surface area contributed by atoms with Crippen LogP contribution in [0.3, 0.4) is 0 Å². The molecule has 2 amide bonds. The normalized spacial score (nSPS) is 15.0. The van der Waals surface area contributed by atoms with Crippen LogP contribution in [0.2, 0.25) is 0 Å². The Morgan fingerprint density at radius 3 is 2.86 bits per heavy atom. The zero-order valence-electron chi connectivity index (χ0n) is 16.7. The van der Waals surface area contributed by atoms with Crippen LogP contribution in [0, 0.1) is 5.92 Å². The van der Waals surface area contributed by atoms with Crippen molar-refractivity contribution < 1.29 is 9.59 Å². The highest BCUT2D eigenvalue weighted by molar-refractivity contribution is 7.10. The van der Waals surface area contributed by atoms with E-state index < -0.39 is 0 Å². The maximum absolute atomic E-state index is 12.6. The van der Waals surface area contributed by atoms with Crippen molar-refractivity contribution in [3.05, 3.63) is 51.0 Å². The van der Waals surface area contributed by atoms with Gasteiger partial charge >= 0.3 is 0 Å². The van der Waals surface area contributed by atoms with Crippen LogP contribution < -0.4 is 10.6 Å². The van der Waals surface area contributed by atoms with E-state index in [2.05, 4.69) is 39.6 Å². The minimum Gasteiger partial charge on any atom is -0.359 e. The lowest BCUT2D eigenvalue weighted by Gasteiger charge is -2.27. The molecule has 1 atom stereocenters. The number of pyridine rings is 1. The second-order valence-corrected chi connectivity index (χ2v) is 8.21. The zero-order valence-corrected chi connectivity index (χ0v) is 17.6. The first-order valence-electron chi connectivity index (χ1n) is 9.77. The summed E-state index contributed by atoms with van der Waals surface area (Å²) in [5, 5.41) is 7.45. The van der Waals surface area contributed by atoms with E-state index in [9.17, 15) is 9.59 Å². The molecule has 0 aliphatic carbocycles. The first-order valence-corrected chi connectivity index (χ1v) is 10.6. The fourth-order valence-electron chi connectivity index (χ4n) is 3.37. The fraction of sp³-hybridized carbons (Fsp3) is 0.476. The van der Waals surface area contributed by atoms with E-state index in [1.54, 1.807) is 25.3 Å². The fourth-order valence-corrected chi connectivity index (χ4v) is 4.49. The lowest BCUT2D eigenvalue weighted by atomic mass is 10.0. The molecule has 0 bridgehead atoms. The van der Waals surface area contributed by atoms with Gasteiger partial charge < -0.3 is 10.6 Å². The number of carbonyl (C=O) groups excluding carboxylic acids is 2. The highest BCUT2D eigenvalue weighted by atomic mass is 32.1. The lowest BCUT2D eigenvalue weighted by molar-refractivity contribution is -0.123. The number of carbonyl (C=O) groups is 2. The Morgan fingerprint density at radius 2 is 2.18 bits per heavy atom. The molecule has 2 aromatic rings. The van der Waals surface area contributed by atoms with E-state index in [1.807, 2.05) is 11.6 Å². The number of amides is 2. The molecule has 150 valence electrons. The van der Waals surface area contributed by atoms with E-state index in [4.69, 9.17) is 0 Å². The van der Waals surface area contributed by atoms with Crippen molar-refractivity contribution in [3.63, 3.8) is 0 Å². The summed E-state index contributed by atoms with van der Waals surface area (Å²) in [4.78, 5) is 32.3. The standard InChI is InChI=1S/C21H28N4O2S/c1-4-15-5-6-16(23-10-15)11-25-8-7-17-18(13-28-19(17)12-25)21(27)24-9-14(2)20(26)22-3/h5-6,10,13-14H,4,7-9,11-12H2,1-3H3,(H,22,26)(H,24,27)/t14-/m1/s1. The summed E-state index contributed by atoms with van der Waals surface area (Å²) >= 11 is 1.64. The average Bonchev–Trinajstić information content (AvgIpc) is 3.15. The van der Waals surface area contributed by atoms with Crippen LogP contribution in [0.15, 0.2) is 23.7 Å². The van der Waals surface area contributed by atoms with Gasteiger partial charge in [-0.2, -0.15) is 0 Å². The summed E-state index contributed by atoms with van der Waals surface area (Å²) < 4.78 is 0. The van der Waals surface area contributed by atoms with Gasteiger partial charge in [-0.05, 0) is 30.0 Å². The predicted molar refractivity (Wildman–Crippen MR) is 111 cm³/mol. The topological polar surface area (TPSA) is 74.3 Å². The van der Waals surface area contributed by atoms with E-state index in [0.29, 0.717) is 6.54 Å². The monoisotopic (exact) mass is 400 g/mol. The van der Waals surface area contributed by atoms with Crippen molar-refractivity contribution in [1.29, 1.82) is 0 Å². The molecule has 0 radical (unpaired) electrons. The second-order valence-electron chi connectivity index (χ2n) is 7.25. The van der Waals surface area contributed by atoms with Crippen LogP contribution in [-0.4, -0.2) is 41.8 Å². The number of aromatic nitrogens is 1. The van der Waals surface area contributed by atoms with E-state index in [0.717, 1.165) is 49.3 Å². The Hall–Kier alpha value is -2.25. The molecule has 0 spiro atoms. The molecule has 0 fully saturated rings. The summed E-state index contributed by atoms with van der Waals surface area (Å²) in [5.74, 6) is -0.395. The van der Waals surface area contributed by atoms with Crippen LogP contribution in [0.1, 0.15) is 45.9 Å². The smallest absolute Gasteiger partial charge is 0.252 e. The summed E-state index contributed by atoms with van der Waals surface area (Å²) in [5.41, 5.74) is 4.25. The molecule has 28 heavy (non-hydrogen) atoms. The quantitative estimate of drug-likeness (QED) is 0.748. The van der Waals surface area contributed by atoms with Gasteiger partial charge in [-0.15, -0.1) is 11.3 Å². The molecular weight excluding hydrogens is 372 g/mol. The molecular formula is C21H28N4O2S. The summed E-state index contributed by atoms with van der Waals surface area (Å²) in [6.45, 7) is 6.87. The van der Waals surface area contributed by atoms with Crippen molar-refractivity contribution >= 4 is 23.2 Å². The highest BCUT2D eigenvalue weighted by Crippen LogP contribution is 2.29. The third-order valence-corrected chi connectivity index (χ3v) is 6.23. The second kappa shape index (κ2) is 9.30. The molecule has 0 aromatic carbocycles. The maximum Gasteiger partial charge on any atom is 0.252 e. The van der Waals surface area contributed by atoms with Crippen molar-refractivity contribution in [1.82, 2.24) is 20.5 Å². The molecule has 2 aromatic heterocycles. The Kier molecular flexibility index (Phi) is 6.80. The van der Waals surface area contributed by atoms with Gasteiger partial charge in [-0.1, -0.05) is 19.9 Å². The minimum atomic E-state index is -0.245. The zero-order chi connectivity index (χ0) is 20.1. The van der Waals surface area contributed by atoms with Crippen LogP contribution >= 0.6 is 11.3 Å². The Balaban J connectivity index is 1.59. The number of hydrogen-bond acceptors (Lipinski definition) is 5. The van der Waals surface area contributed by atoms with E-state index in [1.165, 1.54) is 10.4 Å². The third-order valence-electron chi connectivity index (χ3n) is 5.21. The van der Waals surface area contributed by atoms with Gasteiger partial charge in [0.1, 0.15) is 0 Å². The maximum atomic E-state index is 12.6. The minimum absolute atomic E-state index is 0.0659. The molecule has 3 rings (SSSR count). The molecule has 7 heteroatoms. The van der Waals surface area contributed by atoms with Gasteiger partial charge in [0.15, 0.2) is 0 Å². The van der Waals surface area contributed by atoms with Gasteiger partial charge in [0.2, 0.25) is 5.91 Å². The van der Waals surface area contributed by atoms with Gasteiger partial charge in [0.25, 0.3) is 5.91 Å². The molecule has 3 heterocycles. The number of fused-ring (bicyclic) bond motifs is 1. The van der Waals surface area contributed by atoms with Gasteiger partial charge in [0, 0.05) is 49.7 Å². The third kappa shape index (κ3) is 4.77. The van der Waals surface area contributed by atoms with Gasteiger partial charge in [0.05, 0.1) is 17.2 Å². The molecule has 1 aliphatic rings.